The second-order valence-corrected chi connectivity index (χ2v) is 6.33. The molecule has 0 unspecified atom stereocenters. The normalized spacial score (nSPS) is 16.5. The Bertz CT molecular complexity index is 391. The first kappa shape index (κ1) is 12.2. The van der Waals surface area contributed by atoms with E-state index in [0.717, 1.165) is 0 Å². The van der Waals surface area contributed by atoms with Crippen LogP contribution < -0.4 is 4.74 Å². The van der Waals surface area contributed by atoms with Crippen molar-refractivity contribution >= 4 is 16.9 Å². The van der Waals surface area contributed by atoms with Crippen LogP contribution in [0, 0.1) is 0 Å². The van der Waals surface area contributed by atoms with Crippen LogP contribution in [0.2, 0.25) is 0 Å². The number of esters is 1. The molecule has 0 atom stereocenters. The van der Waals surface area contributed by atoms with E-state index in [0.29, 0.717) is 16.6 Å². The van der Waals surface area contributed by atoms with Crippen LogP contribution in [0.4, 0.5) is 0 Å². The molecule has 0 radical (unpaired) electrons. The molecule has 1 heterocycles. The lowest BCUT2D eigenvalue weighted by molar-refractivity contribution is -0.128. The Kier molecular flexibility index (Phi) is 4.26. The van der Waals surface area contributed by atoms with Crippen molar-refractivity contribution in [3.8, 4) is 5.75 Å². The second-order valence-electron chi connectivity index (χ2n) is 4.06. The zero-order valence-corrected chi connectivity index (χ0v) is 10.7. The molecule has 1 aliphatic heterocycles. The maximum atomic E-state index is 11.0. The van der Waals surface area contributed by atoms with Gasteiger partial charge >= 0.3 is 5.97 Å². The van der Waals surface area contributed by atoms with Crippen LogP contribution in [0.3, 0.4) is 0 Å². The SMILES string of the molecule is C=CC(=O)Oc1ccc([S+]2CCCCC2)cc1. The first-order chi connectivity index (χ1) is 8.29. The minimum atomic E-state index is -0.405. The predicted molar refractivity (Wildman–Crippen MR) is 71.5 cm³/mol. The van der Waals surface area contributed by atoms with Gasteiger partial charge < -0.3 is 4.74 Å². The Morgan fingerprint density at radius 2 is 1.82 bits per heavy atom. The first-order valence-corrected chi connectivity index (χ1v) is 7.48. The average molecular weight is 249 g/mol. The standard InChI is InChI=1S/C14H17O2S/c1-2-14(15)16-12-6-8-13(9-7-12)17-10-4-3-5-11-17/h2,6-9H,1,3-5,10-11H2/q+1. The van der Waals surface area contributed by atoms with Gasteiger partial charge in [0.25, 0.3) is 0 Å². The van der Waals surface area contributed by atoms with Crippen molar-refractivity contribution in [2.45, 2.75) is 24.2 Å². The van der Waals surface area contributed by atoms with Crippen molar-refractivity contribution in [2.24, 2.45) is 0 Å². The minimum Gasteiger partial charge on any atom is -0.423 e. The van der Waals surface area contributed by atoms with E-state index in [1.807, 2.05) is 12.1 Å². The Labute approximate surface area is 105 Å². The van der Waals surface area contributed by atoms with Gasteiger partial charge in [0.2, 0.25) is 0 Å². The number of hydrogen-bond acceptors (Lipinski definition) is 2. The molecule has 0 aliphatic carbocycles. The smallest absolute Gasteiger partial charge is 0.335 e. The summed E-state index contributed by atoms with van der Waals surface area (Å²) < 4.78 is 5.05. The molecule has 2 rings (SSSR count). The van der Waals surface area contributed by atoms with Crippen LogP contribution in [0.15, 0.2) is 41.8 Å². The fourth-order valence-corrected chi connectivity index (χ4v) is 4.23. The first-order valence-electron chi connectivity index (χ1n) is 5.91. The van der Waals surface area contributed by atoms with Gasteiger partial charge in [-0.25, -0.2) is 4.79 Å². The molecule has 0 spiro atoms. The highest BCUT2D eigenvalue weighted by atomic mass is 32.2. The van der Waals surface area contributed by atoms with Crippen molar-refractivity contribution < 1.29 is 9.53 Å². The third-order valence-corrected chi connectivity index (χ3v) is 5.33. The summed E-state index contributed by atoms with van der Waals surface area (Å²) in [6, 6.07) is 7.91. The quantitative estimate of drug-likeness (QED) is 0.356. The maximum absolute atomic E-state index is 11.0. The topological polar surface area (TPSA) is 26.3 Å². The van der Waals surface area contributed by atoms with Crippen LogP contribution in [0.5, 0.6) is 5.75 Å². The van der Waals surface area contributed by atoms with Gasteiger partial charge in [0, 0.05) is 17.0 Å². The summed E-state index contributed by atoms with van der Waals surface area (Å²) in [5, 5.41) is 0. The van der Waals surface area contributed by atoms with Crippen LogP contribution in [0.1, 0.15) is 19.3 Å². The number of rotatable bonds is 3. The van der Waals surface area contributed by atoms with E-state index in [2.05, 4.69) is 18.7 Å². The zero-order chi connectivity index (χ0) is 12.1. The van der Waals surface area contributed by atoms with Crippen molar-refractivity contribution in [1.29, 1.82) is 0 Å². The lowest BCUT2D eigenvalue weighted by Crippen LogP contribution is -2.17. The third-order valence-electron chi connectivity index (χ3n) is 2.82. The summed E-state index contributed by atoms with van der Waals surface area (Å²) in [5.41, 5.74) is 0. The molecule has 90 valence electrons. The highest BCUT2D eigenvalue weighted by Crippen LogP contribution is 2.24. The summed E-state index contributed by atoms with van der Waals surface area (Å²) in [6.45, 7) is 3.37. The monoisotopic (exact) mass is 249 g/mol. The molecule has 0 N–H and O–H groups in total. The second kappa shape index (κ2) is 5.92. The average Bonchev–Trinajstić information content (AvgIpc) is 2.40. The van der Waals surface area contributed by atoms with Crippen molar-refractivity contribution in [1.82, 2.24) is 0 Å². The van der Waals surface area contributed by atoms with Gasteiger partial charge in [-0.05, 0) is 43.5 Å². The molecule has 1 aromatic rings. The summed E-state index contributed by atoms with van der Waals surface area (Å²) in [6.07, 6.45) is 5.24. The van der Waals surface area contributed by atoms with E-state index in [4.69, 9.17) is 4.74 Å². The van der Waals surface area contributed by atoms with Crippen LogP contribution in [-0.2, 0) is 15.7 Å². The number of carbonyl (C=O) groups excluding carboxylic acids is 1. The Morgan fingerprint density at radius 3 is 2.41 bits per heavy atom. The van der Waals surface area contributed by atoms with E-state index in [9.17, 15) is 4.79 Å². The van der Waals surface area contributed by atoms with E-state index in [1.54, 1.807) is 0 Å². The van der Waals surface area contributed by atoms with E-state index < -0.39 is 5.97 Å². The summed E-state index contributed by atoms with van der Waals surface area (Å²) in [4.78, 5) is 12.4. The van der Waals surface area contributed by atoms with Gasteiger partial charge in [-0.3, -0.25) is 0 Å². The van der Waals surface area contributed by atoms with Crippen molar-refractivity contribution in [3.05, 3.63) is 36.9 Å². The highest BCUT2D eigenvalue weighted by molar-refractivity contribution is 7.96. The lowest BCUT2D eigenvalue weighted by Gasteiger charge is -2.13. The highest BCUT2D eigenvalue weighted by Gasteiger charge is 2.24. The molecule has 2 nitrogen and oxygen atoms in total. The van der Waals surface area contributed by atoms with Crippen molar-refractivity contribution in [3.63, 3.8) is 0 Å². The molecule has 0 amide bonds. The van der Waals surface area contributed by atoms with E-state index in [-0.39, 0.29) is 0 Å². The van der Waals surface area contributed by atoms with Gasteiger partial charge in [-0.1, -0.05) is 6.58 Å². The Morgan fingerprint density at radius 1 is 1.18 bits per heavy atom. The molecule has 1 aromatic carbocycles. The number of ether oxygens (including phenoxy) is 1. The maximum Gasteiger partial charge on any atom is 0.335 e. The fraction of sp³-hybridized carbons (Fsp3) is 0.357. The van der Waals surface area contributed by atoms with Crippen LogP contribution in [0.25, 0.3) is 0 Å². The largest absolute Gasteiger partial charge is 0.423 e. The van der Waals surface area contributed by atoms with Gasteiger partial charge in [0.05, 0.1) is 0 Å². The number of benzene rings is 1. The van der Waals surface area contributed by atoms with Crippen molar-refractivity contribution in [2.75, 3.05) is 11.5 Å². The minimum absolute atomic E-state index is 0.405. The molecule has 0 bridgehead atoms. The number of carbonyl (C=O) groups is 1. The molecule has 3 heteroatoms. The summed E-state index contributed by atoms with van der Waals surface area (Å²) in [5.74, 6) is 2.81. The van der Waals surface area contributed by atoms with Crippen LogP contribution >= 0.6 is 0 Å². The zero-order valence-electron chi connectivity index (χ0n) is 9.85. The molecule has 1 saturated heterocycles. The summed E-state index contributed by atoms with van der Waals surface area (Å²) in [7, 11) is 0.409. The number of hydrogen-bond donors (Lipinski definition) is 0. The fourth-order valence-electron chi connectivity index (χ4n) is 1.93. The Balaban J connectivity index is 2.01. The van der Waals surface area contributed by atoms with E-state index >= 15 is 0 Å². The van der Waals surface area contributed by atoms with Gasteiger partial charge in [0.1, 0.15) is 17.3 Å². The summed E-state index contributed by atoms with van der Waals surface area (Å²) >= 11 is 0. The molecule has 0 aromatic heterocycles. The molecule has 0 saturated carbocycles. The third kappa shape index (κ3) is 3.37. The van der Waals surface area contributed by atoms with Gasteiger partial charge in [-0.15, -0.1) is 0 Å². The van der Waals surface area contributed by atoms with Gasteiger partial charge in [0.15, 0.2) is 4.90 Å². The molecule has 1 fully saturated rings. The lowest BCUT2D eigenvalue weighted by atomic mass is 10.3. The molecular formula is C14H17O2S+. The van der Waals surface area contributed by atoms with E-state index in [1.165, 1.54) is 41.7 Å². The molecular weight excluding hydrogens is 232 g/mol. The molecule has 17 heavy (non-hydrogen) atoms. The van der Waals surface area contributed by atoms with Gasteiger partial charge in [-0.2, -0.15) is 0 Å². The Hall–Kier alpha value is -1.22. The molecule has 1 aliphatic rings. The predicted octanol–water partition coefficient (Wildman–Crippen LogP) is 2.94. The van der Waals surface area contributed by atoms with Crippen LogP contribution in [-0.4, -0.2) is 17.5 Å².